The molecule has 6 nitrogen and oxygen atoms in total. The van der Waals surface area contributed by atoms with E-state index < -0.39 is 6.10 Å². The van der Waals surface area contributed by atoms with Crippen LogP contribution < -0.4 is 0 Å². The van der Waals surface area contributed by atoms with E-state index in [2.05, 4.69) is 106 Å². The van der Waals surface area contributed by atoms with Crippen molar-refractivity contribution in [2.24, 2.45) is 0 Å². The molecule has 0 aliphatic carbocycles. The van der Waals surface area contributed by atoms with Gasteiger partial charge >= 0.3 is 17.9 Å². The Bertz CT molecular complexity index is 1450. The van der Waals surface area contributed by atoms with Crippen molar-refractivity contribution in [1.29, 1.82) is 0 Å². The van der Waals surface area contributed by atoms with Crippen LogP contribution in [0.25, 0.3) is 0 Å². The molecule has 0 radical (unpaired) electrons. The molecule has 0 fully saturated rings. The summed E-state index contributed by atoms with van der Waals surface area (Å²) in [5.74, 6) is -0.877. The van der Waals surface area contributed by atoms with Gasteiger partial charge in [0.2, 0.25) is 0 Å². The Morgan fingerprint density at radius 2 is 0.513 bits per heavy atom. The van der Waals surface area contributed by atoms with Gasteiger partial charge in [0.05, 0.1) is 0 Å². The van der Waals surface area contributed by atoms with Crippen LogP contribution in [0.2, 0.25) is 0 Å². The number of carbonyl (C=O) groups is 3. The number of carbonyl (C=O) groups excluding carboxylic acids is 3. The van der Waals surface area contributed by atoms with Crippen LogP contribution in [0, 0.1) is 0 Å². The molecule has 0 saturated carbocycles. The van der Waals surface area contributed by atoms with Gasteiger partial charge in [-0.15, -0.1) is 0 Å². The van der Waals surface area contributed by atoms with E-state index in [1.54, 1.807) is 0 Å². The van der Waals surface area contributed by atoms with E-state index in [9.17, 15) is 14.4 Å². The topological polar surface area (TPSA) is 78.9 Å². The van der Waals surface area contributed by atoms with Gasteiger partial charge in [0, 0.05) is 19.3 Å². The van der Waals surface area contributed by atoms with E-state index in [1.807, 2.05) is 0 Å². The summed E-state index contributed by atoms with van der Waals surface area (Å²) in [6, 6.07) is 0. The maximum Gasteiger partial charge on any atom is 0.306 e. The maximum atomic E-state index is 12.8. The molecule has 0 heterocycles. The molecule has 1 atom stereocenters. The molecule has 0 aliphatic rings. The second-order valence-corrected chi connectivity index (χ2v) is 21.7. The van der Waals surface area contributed by atoms with Gasteiger partial charge in [0.1, 0.15) is 13.2 Å². The fraction of sp³-hybridized carbons (Fsp3) is 0.757. The minimum absolute atomic E-state index is 0.0746. The Morgan fingerprint density at radius 1 is 0.276 bits per heavy atom. The van der Waals surface area contributed by atoms with Gasteiger partial charge in [-0.2, -0.15) is 0 Å². The molecule has 0 aromatic rings. The first-order valence-corrected chi connectivity index (χ1v) is 32.6. The Hall–Kier alpha value is -3.41. The Kier molecular flexibility index (Phi) is 61.2. The van der Waals surface area contributed by atoms with E-state index in [0.717, 1.165) is 109 Å². The highest BCUT2D eigenvalue weighted by atomic mass is 16.6. The average molecular weight is 1060 g/mol. The SMILES string of the molecule is CC/C=C\C/C=C\C/C=C\C/C=C\C/C=C\C/C=C\C/C=C\CCCCCCCCCCCC(=O)OCC(COC(=O)CCCCCCCC)OC(=O)CCCCCCCCCCCCCCCCCCCCCCC. The fourth-order valence-corrected chi connectivity index (χ4v) is 9.31. The van der Waals surface area contributed by atoms with Crippen LogP contribution >= 0.6 is 0 Å². The highest BCUT2D eigenvalue weighted by Crippen LogP contribution is 2.17. The van der Waals surface area contributed by atoms with E-state index in [0.29, 0.717) is 19.3 Å². The number of hydrogen-bond donors (Lipinski definition) is 0. The summed E-state index contributed by atoms with van der Waals surface area (Å²) < 4.78 is 16.8. The molecule has 438 valence electrons. The first kappa shape index (κ1) is 72.6. The van der Waals surface area contributed by atoms with Crippen molar-refractivity contribution >= 4 is 17.9 Å². The van der Waals surface area contributed by atoms with Gasteiger partial charge in [-0.25, -0.2) is 0 Å². The molecule has 0 spiro atoms. The lowest BCUT2D eigenvalue weighted by Crippen LogP contribution is -2.30. The van der Waals surface area contributed by atoms with Crippen molar-refractivity contribution in [2.75, 3.05) is 13.2 Å². The molecule has 0 amide bonds. The maximum absolute atomic E-state index is 12.8. The van der Waals surface area contributed by atoms with Gasteiger partial charge in [0.25, 0.3) is 0 Å². The second kappa shape index (κ2) is 64.1. The van der Waals surface area contributed by atoms with Crippen molar-refractivity contribution in [3.05, 3.63) is 85.1 Å². The second-order valence-electron chi connectivity index (χ2n) is 21.7. The van der Waals surface area contributed by atoms with Gasteiger partial charge < -0.3 is 14.2 Å². The third kappa shape index (κ3) is 61.4. The quantitative estimate of drug-likeness (QED) is 0.0261. The fourth-order valence-electron chi connectivity index (χ4n) is 9.31. The van der Waals surface area contributed by atoms with Crippen molar-refractivity contribution in [3.63, 3.8) is 0 Å². The minimum Gasteiger partial charge on any atom is -0.462 e. The lowest BCUT2D eigenvalue weighted by Gasteiger charge is -2.18. The molecular weight excluding hydrogens is 937 g/mol. The lowest BCUT2D eigenvalue weighted by atomic mass is 10.0. The molecule has 0 aliphatic heterocycles. The molecule has 0 saturated heterocycles. The van der Waals surface area contributed by atoms with Gasteiger partial charge in [-0.1, -0.05) is 311 Å². The summed E-state index contributed by atoms with van der Waals surface area (Å²) >= 11 is 0. The predicted molar refractivity (Wildman–Crippen MR) is 330 cm³/mol. The molecule has 0 N–H and O–H groups in total. The number of rotatable bonds is 59. The summed E-state index contributed by atoms with van der Waals surface area (Å²) in [6.45, 7) is 6.50. The number of hydrogen-bond acceptors (Lipinski definition) is 6. The molecule has 0 bridgehead atoms. The van der Waals surface area contributed by atoms with Crippen molar-refractivity contribution in [2.45, 2.75) is 329 Å². The summed E-state index contributed by atoms with van der Waals surface area (Å²) in [7, 11) is 0. The van der Waals surface area contributed by atoms with Crippen LogP contribution in [-0.4, -0.2) is 37.2 Å². The van der Waals surface area contributed by atoms with Crippen LogP contribution in [0.15, 0.2) is 85.1 Å². The molecule has 0 aromatic heterocycles. The van der Waals surface area contributed by atoms with Crippen molar-refractivity contribution in [3.8, 4) is 0 Å². The predicted octanol–water partition coefficient (Wildman–Crippen LogP) is 22.3. The van der Waals surface area contributed by atoms with Crippen molar-refractivity contribution < 1.29 is 28.6 Å². The summed E-state index contributed by atoms with van der Waals surface area (Å²) in [5.41, 5.74) is 0. The lowest BCUT2D eigenvalue weighted by molar-refractivity contribution is -0.167. The summed E-state index contributed by atoms with van der Waals surface area (Å²) in [6.07, 6.45) is 84.9. The molecule has 1 unspecified atom stereocenters. The standard InChI is InChI=1S/C70H122O6/c1-4-7-10-13-16-18-20-22-24-26-28-30-31-32-33-34-35-36-37-38-39-41-42-44-46-48-50-52-54-57-60-63-69(72)75-66-67(65-74-68(71)62-59-56-15-12-9-6-3)76-70(73)64-61-58-55-53-51-49-47-45-43-40-29-27-25-23-21-19-17-14-11-8-5-2/h7,10,16,18,22,24,28,30,32-33,35-36,38-39,67H,4-6,8-9,11-15,17,19-21,23,25-27,29,31,34,37,40-66H2,1-3H3/b10-7-,18-16-,24-22-,30-28-,33-32-,36-35-,39-38-. The molecule has 76 heavy (non-hydrogen) atoms. The monoisotopic (exact) mass is 1060 g/mol. The number of unbranched alkanes of at least 4 members (excludes halogenated alkanes) is 34. The molecule has 0 rings (SSSR count). The highest BCUT2D eigenvalue weighted by molar-refractivity contribution is 5.71. The Labute approximate surface area is 471 Å². The third-order valence-corrected chi connectivity index (χ3v) is 14.2. The van der Waals surface area contributed by atoms with E-state index >= 15 is 0 Å². The smallest absolute Gasteiger partial charge is 0.306 e. The molecular formula is C70H122O6. The zero-order valence-corrected chi connectivity index (χ0v) is 50.3. The Morgan fingerprint density at radius 3 is 0.803 bits per heavy atom. The van der Waals surface area contributed by atoms with E-state index in [4.69, 9.17) is 14.2 Å². The molecule has 0 aromatic carbocycles. The van der Waals surface area contributed by atoms with Gasteiger partial charge in [-0.05, 0) is 77.0 Å². The molecule has 6 heteroatoms. The Balaban J connectivity index is 4.08. The van der Waals surface area contributed by atoms with Gasteiger partial charge in [-0.3, -0.25) is 14.4 Å². The summed E-state index contributed by atoms with van der Waals surface area (Å²) in [4.78, 5) is 38.0. The minimum atomic E-state index is -0.774. The van der Waals surface area contributed by atoms with Crippen LogP contribution in [0.4, 0.5) is 0 Å². The van der Waals surface area contributed by atoms with Crippen molar-refractivity contribution in [1.82, 2.24) is 0 Å². The van der Waals surface area contributed by atoms with E-state index in [-0.39, 0.29) is 31.1 Å². The number of allylic oxidation sites excluding steroid dienone is 14. The largest absolute Gasteiger partial charge is 0.462 e. The van der Waals surface area contributed by atoms with Crippen LogP contribution in [0.1, 0.15) is 323 Å². The van der Waals surface area contributed by atoms with Crippen LogP contribution in [0.3, 0.4) is 0 Å². The van der Waals surface area contributed by atoms with Crippen LogP contribution in [0.5, 0.6) is 0 Å². The highest BCUT2D eigenvalue weighted by Gasteiger charge is 2.19. The summed E-state index contributed by atoms with van der Waals surface area (Å²) in [5, 5.41) is 0. The van der Waals surface area contributed by atoms with E-state index in [1.165, 1.54) is 173 Å². The average Bonchev–Trinajstić information content (AvgIpc) is 3.42. The first-order chi connectivity index (χ1) is 37.5. The first-order valence-electron chi connectivity index (χ1n) is 32.6. The number of esters is 3. The normalized spacial score (nSPS) is 12.6. The zero-order chi connectivity index (χ0) is 55.0. The number of ether oxygens (including phenoxy) is 3. The zero-order valence-electron chi connectivity index (χ0n) is 50.3. The van der Waals surface area contributed by atoms with Crippen LogP contribution in [-0.2, 0) is 28.6 Å². The third-order valence-electron chi connectivity index (χ3n) is 14.2. The van der Waals surface area contributed by atoms with Gasteiger partial charge in [0.15, 0.2) is 6.10 Å².